The summed E-state index contributed by atoms with van der Waals surface area (Å²) in [6, 6.07) is 10.0. The number of thiophene rings is 2. The van der Waals surface area contributed by atoms with Crippen LogP contribution in [0.15, 0.2) is 35.0 Å². The van der Waals surface area contributed by atoms with Crippen LogP contribution < -0.4 is 5.32 Å². The van der Waals surface area contributed by atoms with Gasteiger partial charge in [0, 0.05) is 28.3 Å². The molecule has 0 aliphatic heterocycles. The number of hydrogen-bond acceptors (Lipinski definition) is 3. The lowest BCUT2D eigenvalue weighted by molar-refractivity contribution is 0.223. The van der Waals surface area contributed by atoms with E-state index >= 15 is 0 Å². The van der Waals surface area contributed by atoms with Gasteiger partial charge < -0.3 is 5.32 Å². The third-order valence-corrected chi connectivity index (χ3v) is 5.57. The minimum Gasteiger partial charge on any atom is -0.306 e. The van der Waals surface area contributed by atoms with Crippen LogP contribution >= 0.6 is 22.7 Å². The zero-order valence-corrected chi connectivity index (χ0v) is 12.3. The molecule has 3 rings (SSSR count). The van der Waals surface area contributed by atoms with Gasteiger partial charge in [-0.05, 0) is 41.7 Å². The first kappa shape index (κ1) is 12.4. The highest BCUT2D eigenvalue weighted by atomic mass is 32.1. The molecule has 1 nitrogen and oxygen atoms in total. The molecule has 1 atom stereocenters. The fraction of sp³-hybridized carbons (Fsp3) is 0.467. The van der Waals surface area contributed by atoms with Gasteiger partial charge in [0.2, 0.25) is 0 Å². The Balaban J connectivity index is 1.68. The van der Waals surface area contributed by atoms with Crippen LogP contribution in [0.1, 0.15) is 35.6 Å². The van der Waals surface area contributed by atoms with E-state index in [-0.39, 0.29) is 0 Å². The number of nitrogens with one attached hydrogen (secondary N) is 1. The highest BCUT2D eigenvalue weighted by Gasteiger charge is 2.28. The fourth-order valence-corrected chi connectivity index (χ4v) is 4.22. The van der Waals surface area contributed by atoms with Crippen molar-refractivity contribution in [3.63, 3.8) is 0 Å². The zero-order valence-electron chi connectivity index (χ0n) is 10.6. The predicted octanol–water partition coefficient (Wildman–Crippen LogP) is 4.48. The van der Waals surface area contributed by atoms with E-state index in [1.54, 1.807) is 0 Å². The molecule has 0 saturated heterocycles. The summed E-state index contributed by atoms with van der Waals surface area (Å²) in [5.74, 6) is 0.910. The van der Waals surface area contributed by atoms with Crippen LogP contribution in [-0.4, -0.2) is 6.04 Å². The molecule has 0 radical (unpaired) electrons. The van der Waals surface area contributed by atoms with Crippen LogP contribution in [0.3, 0.4) is 0 Å². The lowest BCUT2D eigenvalue weighted by atomic mass is 9.81. The SMILES string of the molecule is CC1CC(NC(Cc2cccs2)c2cccs2)C1. The first-order chi connectivity index (χ1) is 8.81. The molecule has 2 aromatic heterocycles. The summed E-state index contributed by atoms with van der Waals surface area (Å²) in [6.45, 7) is 2.34. The molecule has 18 heavy (non-hydrogen) atoms. The smallest absolute Gasteiger partial charge is 0.0465 e. The van der Waals surface area contributed by atoms with E-state index in [1.807, 2.05) is 22.7 Å². The van der Waals surface area contributed by atoms with Gasteiger partial charge in [-0.2, -0.15) is 0 Å². The van der Waals surface area contributed by atoms with Crippen LogP contribution in [0.25, 0.3) is 0 Å². The van der Waals surface area contributed by atoms with Crippen molar-refractivity contribution in [3.8, 4) is 0 Å². The predicted molar refractivity (Wildman–Crippen MR) is 80.4 cm³/mol. The van der Waals surface area contributed by atoms with Gasteiger partial charge in [-0.1, -0.05) is 19.1 Å². The second-order valence-corrected chi connectivity index (χ2v) is 7.30. The zero-order chi connectivity index (χ0) is 12.4. The van der Waals surface area contributed by atoms with Crippen molar-refractivity contribution in [2.24, 2.45) is 5.92 Å². The van der Waals surface area contributed by atoms with Gasteiger partial charge in [-0.3, -0.25) is 0 Å². The molecule has 1 aliphatic carbocycles. The maximum absolute atomic E-state index is 3.84. The summed E-state index contributed by atoms with van der Waals surface area (Å²) < 4.78 is 0. The van der Waals surface area contributed by atoms with Gasteiger partial charge in [0.05, 0.1) is 0 Å². The van der Waals surface area contributed by atoms with Crippen molar-refractivity contribution >= 4 is 22.7 Å². The van der Waals surface area contributed by atoms with E-state index in [9.17, 15) is 0 Å². The monoisotopic (exact) mass is 277 g/mol. The minimum absolute atomic E-state index is 0.501. The van der Waals surface area contributed by atoms with Crippen LogP contribution in [0.5, 0.6) is 0 Å². The summed E-state index contributed by atoms with van der Waals surface area (Å²) in [7, 11) is 0. The van der Waals surface area contributed by atoms with Crippen molar-refractivity contribution < 1.29 is 0 Å². The third kappa shape index (κ3) is 2.85. The Kier molecular flexibility index (Phi) is 3.83. The maximum atomic E-state index is 3.84. The number of hydrogen-bond donors (Lipinski definition) is 1. The Morgan fingerprint density at radius 3 is 2.61 bits per heavy atom. The van der Waals surface area contributed by atoms with Crippen molar-refractivity contribution in [1.29, 1.82) is 0 Å². The quantitative estimate of drug-likeness (QED) is 0.849. The minimum atomic E-state index is 0.501. The summed E-state index contributed by atoms with van der Waals surface area (Å²) in [6.07, 6.45) is 3.81. The summed E-state index contributed by atoms with van der Waals surface area (Å²) in [4.78, 5) is 2.95. The van der Waals surface area contributed by atoms with Crippen molar-refractivity contribution in [2.45, 2.75) is 38.3 Å². The molecule has 1 saturated carbocycles. The molecule has 2 aromatic rings. The van der Waals surface area contributed by atoms with Gasteiger partial charge in [0.15, 0.2) is 0 Å². The van der Waals surface area contributed by atoms with E-state index in [0.29, 0.717) is 6.04 Å². The molecule has 0 amide bonds. The van der Waals surface area contributed by atoms with E-state index in [0.717, 1.165) is 18.4 Å². The Labute approximate surface area is 117 Å². The maximum Gasteiger partial charge on any atom is 0.0465 e. The van der Waals surface area contributed by atoms with Gasteiger partial charge in [-0.15, -0.1) is 22.7 Å². The molecule has 96 valence electrons. The first-order valence-corrected chi connectivity index (χ1v) is 8.39. The highest BCUT2D eigenvalue weighted by Crippen LogP contribution is 2.31. The van der Waals surface area contributed by atoms with Gasteiger partial charge in [0.25, 0.3) is 0 Å². The van der Waals surface area contributed by atoms with Crippen LogP contribution in [0.4, 0.5) is 0 Å². The average Bonchev–Trinajstić information content (AvgIpc) is 2.98. The van der Waals surface area contributed by atoms with Crippen LogP contribution in [0, 0.1) is 5.92 Å². The molecule has 1 unspecified atom stereocenters. The molecule has 3 heteroatoms. The van der Waals surface area contributed by atoms with Crippen LogP contribution in [0.2, 0.25) is 0 Å². The topological polar surface area (TPSA) is 12.0 Å². The molecular formula is C15H19NS2. The van der Waals surface area contributed by atoms with Gasteiger partial charge in [0.1, 0.15) is 0 Å². The standard InChI is InChI=1S/C15H19NS2/c1-11-8-12(9-11)16-14(15-5-3-7-18-15)10-13-4-2-6-17-13/h2-7,11-12,14,16H,8-10H2,1H3. The molecule has 1 N–H and O–H groups in total. The lowest BCUT2D eigenvalue weighted by Gasteiger charge is -2.36. The Morgan fingerprint density at radius 1 is 1.22 bits per heavy atom. The van der Waals surface area contributed by atoms with Crippen molar-refractivity contribution in [3.05, 3.63) is 44.8 Å². The first-order valence-electron chi connectivity index (χ1n) is 6.63. The molecule has 1 aliphatic rings. The highest BCUT2D eigenvalue weighted by molar-refractivity contribution is 7.10. The summed E-state index contributed by atoms with van der Waals surface area (Å²) in [5.41, 5.74) is 0. The Hall–Kier alpha value is -0.640. The average molecular weight is 277 g/mol. The van der Waals surface area contributed by atoms with Gasteiger partial charge >= 0.3 is 0 Å². The molecular weight excluding hydrogens is 258 g/mol. The fourth-order valence-electron chi connectivity index (χ4n) is 2.68. The summed E-state index contributed by atoms with van der Waals surface area (Å²) >= 11 is 3.74. The van der Waals surface area contributed by atoms with E-state index < -0.39 is 0 Å². The van der Waals surface area contributed by atoms with E-state index in [4.69, 9.17) is 0 Å². The second kappa shape index (κ2) is 5.55. The molecule has 0 spiro atoms. The normalized spacial score (nSPS) is 24.7. The number of rotatable bonds is 5. The molecule has 1 fully saturated rings. The van der Waals surface area contributed by atoms with Gasteiger partial charge in [-0.25, -0.2) is 0 Å². The Morgan fingerprint density at radius 2 is 2.00 bits per heavy atom. The third-order valence-electron chi connectivity index (χ3n) is 3.68. The van der Waals surface area contributed by atoms with E-state index in [1.165, 1.54) is 22.6 Å². The van der Waals surface area contributed by atoms with Crippen LogP contribution in [-0.2, 0) is 6.42 Å². The van der Waals surface area contributed by atoms with E-state index in [2.05, 4.69) is 47.3 Å². The van der Waals surface area contributed by atoms with Crippen molar-refractivity contribution in [1.82, 2.24) is 5.32 Å². The Bertz CT molecular complexity index is 455. The lowest BCUT2D eigenvalue weighted by Crippen LogP contribution is -2.42. The molecule has 0 bridgehead atoms. The second-order valence-electron chi connectivity index (χ2n) is 5.29. The molecule has 2 heterocycles. The molecule has 0 aromatic carbocycles. The summed E-state index contributed by atoms with van der Waals surface area (Å²) in [5, 5.41) is 8.20. The largest absolute Gasteiger partial charge is 0.306 e. The van der Waals surface area contributed by atoms with Crippen molar-refractivity contribution in [2.75, 3.05) is 0 Å².